The van der Waals surface area contributed by atoms with Crippen molar-refractivity contribution in [3.63, 3.8) is 0 Å². The molecule has 0 N–H and O–H groups in total. The minimum absolute atomic E-state index is 0.209. The van der Waals surface area contributed by atoms with Crippen LogP contribution < -0.4 is 0 Å². The van der Waals surface area contributed by atoms with E-state index >= 15 is 0 Å². The highest BCUT2D eigenvalue weighted by Gasteiger charge is 2.27. The number of amides is 1. The molecule has 0 aliphatic carbocycles. The number of hydrogen-bond donors (Lipinski definition) is 0. The van der Waals surface area contributed by atoms with Gasteiger partial charge in [0.15, 0.2) is 0 Å². The average molecular weight is 374 g/mol. The molecule has 3 aromatic rings. The quantitative estimate of drug-likeness (QED) is 0.686. The summed E-state index contributed by atoms with van der Waals surface area (Å²) in [5.41, 5.74) is 3.50. The van der Waals surface area contributed by atoms with Gasteiger partial charge in [0.25, 0.3) is 0 Å². The van der Waals surface area contributed by atoms with Gasteiger partial charge in [0.1, 0.15) is 5.82 Å². The first kappa shape index (κ1) is 18.4. The van der Waals surface area contributed by atoms with E-state index in [0.717, 1.165) is 43.9 Å². The number of aromatic nitrogens is 3. The van der Waals surface area contributed by atoms with E-state index < -0.39 is 0 Å². The normalized spacial score (nSPS) is 16.9. The first-order chi connectivity index (χ1) is 13.7. The molecule has 0 saturated carbocycles. The van der Waals surface area contributed by atoms with Crippen LogP contribution in [0.2, 0.25) is 0 Å². The number of carbonyl (C=O) groups is 1. The summed E-state index contributed by atoms with van der Waals surface area (Å²) in [5.74, 6) is 1.57. The van der Waals surface area contributed by atoms with Gasteiger partial charge in [0, 0.05) is 50.3 Å². The summed E-state index contributed by atoms with van der Waals surface area (Å²) in [4.78, 5) is 23.6. The van der Waals surface area contributed by atoms with Gasteiger partial charge in [-0.3, -0.25) is 9.78 Å². The molecule has 1 unspecified atom stereocenters. The first-order valence-electron chi connectivity index (χ1n) is 9.92. The maximum Gasteiger partial charge on any atom is 0.227 e. The third kappa shape index (κ3) is 4.30. The van der Waals surface area contributed by atoms with Crippen LogP contribution in [0.25, 0.3) is 0 Å². The zero-order valence-corrected chi connectivity index (χ0v) is 16.3. The largest absolute Gasteiger partial charge is 0.342 e. The minimum atomic E-state index is 0.209. The van der Waals surface area contributed by atoms with Gasteiger partial charge >= 0.3 is 0 Å². The lowest BCUT2D eigenvalue weighted by Gasteiger charge is -2.33. The van der Waals surface area contributed by atoms with Crippen molar-refractivity contribution in [2.45, 2.75) is 38.6 Å². The van der Waals surface area contributed by atoms with Crippen molar-refractivity contribution in [1.82, 2.24) is 19.4 Å². The van der Waals surface area contributed by atoms with E-state index in [2.05, 4.69) is 45.7 Å². The van der Waals surface area contributed by atoms with Gasteiger partial charge in [0.2, 0.25) is 5.91 Å². The Morgan fingerprint density at radius 3 is 2.64 bits per heavy atom. The van der Waals surface area contributed by atoms with E-state index in [1.54, 1.807) is 0 Å². The molecular weight excluding hydrogens is 348 g/mol. The molecule has 5 heteroatoms. The summed E-state index contributed by atoms with van der Waals surface area (Å²) in [6, 6.07) is 12.3. The predicted octanol–water partition coefficient (Wildman–Crippen LogP) is 3.58. The van der Waals surface area contributed by atoms with Crippen molar-refractivity contribution >= 4 is 5.91 Å². The molecule has 144 valence electrons. The molecule has 1 amide bonds. The first-order valence-corrected chi connectivity index (χ1v) is 9.92. The molecule has 4 rings (SSSR count). The number of likely N-dealkylation sites (tertiary alicyclic amines) is 1. The summed E-state index contributed by atoms with van der Waals surface area (Å²) in [6.45, 7) is 4.44. The van der Waals surface area contributed by atoms with Crippen molar-refractivity contribution in [3.8, 4) is 0 Å². The zero-order chi connectivity index (χ0) is 19.3. The van der Waals surface area contributed by atoms with Crippen LogP contribution in [-0.2, 0) is 17.8 Å². The molecule has 1 atom stereocenters. The van der Waals surface area contributed by atoms with E-state index in [-0.39, 0.29) is 11.8 Å². The van der Waals surface area contributed by atoms with Crippen LogP contribution in [0.5, 0.6) is 0 Å². The van der Waals surface area contributed by atoms with Gasteiger partial charge in [-0.05, 0) is 43.0 Å². The lowest BCUT2D eigenvalue weighted by molar-refractivity contribution is -0.131. The molecule has 0 bridgehead atoms. The molecule has 1 saturated heterocycles. The fraction of sp³-hybridized carbons (Fsp3) is 0.348. The molecule has 0 radical (unpaired) electrons. The van der Waals surface area contributed by atoms with E-state index in [0.29, 0.717) is 6.42 Å². The lowest BCUT2D eigenvalue weighted by Crippen LogP contribution is -2.40. The van der Waals surface area contributed by atoms with Crippen molar-refractivity contribution in [2.24, 2.45) is 0 Å². The number of imidazole rings is 1. The topological polar surface area (TPSA) is 51.0 Å². The lowest BCUT2D eigenvalue weighted by atomic mass is 9.96. The Bertz CT molecular complexity index is 917. The Morgan fingerprint density at radius 2 is 1.86 bits per heavy atom. The molecule has 28 heavy (non-hydrogen) atoms. The SMILES string of the molecule is Cc1ccc(CC(=O)N2CCCC(c3nccn3Cc3ccncc3)C2)cc1. The Labute approximate surface area is 166 Å². The van der Waals surface area contributed by atoms with Crippen LogP contribution >= 0.6 is 0 Å². The van der Waals surface area contributed by atoms with E-state index in [1.807, 2.05) is 41.8 Å². The van der Waals surface area contributed by atoms with Gasteiger partial charge < -0.3 is 9.47 Å². The molecule has 5 nitrogen and oxygen atoms in total. The van der Waals surface area contributed by atoms with Crippen LogP contribution in [0.3, 0.4) is 0 Å². The van der Waals surface area contributed by atoms with Crippen molar-refractivity contribution in [3.05, 3.63) is 83.7 Å². The fourth-order valence-corrected chi connectivity index (χ4v) is 3.91. The Kier molecular flexibility index (Phi) is 5.51. The predicted molar refractivity (Wildman–Crippen MR) is 109 cm³/mol. The number of carbonyl (C=O) groups excluding carboxylic acids is 1. The maximum absolute atomic E-state index is 12.8. The second-order valence-corrected chi connectivity index (χ2v) is 7.61. The maximum atomic E-state index is 12.8. The van der Waals surface area contributed by atoms with Crippen LogP contribution in [0.1, 0.15) is 41.3 Å². The summed E-state index contributed by atoms with van der Waals surface area (Å²) in [7, 11) is 0. The molecule has 1 aliphatic rings. The number of nitrogens with zero attached hydrogens (tertiary/aromatic N) is 4. The monoisotopic (exact) mass is 374 g/mol. The molecule has 3 heterocycles. The molecular formula is C23H26N4O. The number of hydrogen-bond acceptors (Lipinski definition) is 3. The smallest absolute Gasteiger partial charge is 0.227 e. The van der Waals surface area contributed by atoms with E-state index in [1.165, 1.54) is 11.1 Å². The van der Waals surface area contributed by atoms with Crippen LogP contribution in [-0.4, -0.2) is 38.4 Å². The Balaban J connectivity index is 1.43. The van der Waals surface area contributed by atoms with Gasteiger partial charge in [-0.1, -0.05) is 29.8 Å². The Morgan fingerprint density at radius 1 is 1.07 bits per heavy atom. The number of aryl methyl sites for hydroxylation is 1. The number of pyridine rings is 1. The van der Waals surface area contributed by atoms with Gasteiger partial charge in [-0.2, -0.15) is 0 Å². The molecule has 1 aliphatic heterocycles. The number of piperidine rings is 1. The Hall–Kier alpha value is -2.95. The molecule has 2 aromatic heterocycles. The van der Waals surface area contributed by atoms with Gasteiger partial charge in [-0.25, -0.2) is 4.98 Å². The summed E-state index contributed by atoms with van der Waals surface area (Å²) in [5, 5.41) is 0. The zero-order valence-electron chi connectivity index (χ0n) is 16.3. The minimum Gasteiger partial charge on any atom is -0.342 e. The number of benzene rings is 1. The van der Waals surface area contributed by atoms with Gasteiger partial charge in [-0.15, -0.1) is 0 Å². The highest BCUT2D eigenvalue weighted by Crippen LogP contribution is 2.26. The van der Waals surface area contributed by atoms with Crippen molar-refractivity contribution in [1.29, 1.82) is 0 Å². The third-order valence-electron chi connectivity index (χ3n) is 5.47. The fourth-order valence-electron chi connectivity index (χ4n) is 3.91. The van der Waals surface area contributed by atoms with Gasteiger partial charge in [0.05, 0.1) is 6.42 Å². The van der Waals surface area contributed by atoms with Crippen LogP contribution in [0.4, 0.5) is 0 Å². The summed E-state index contributed by atoms with van der Waals surface area (Å²) < 4.78 is 2.20. The molecule has 0 spiro atoms. The highest BCUT2D eigenvalue weighted by molar-refractivity contribution is 5.79. The van der Waals surface area contributed by atoms with Crippen LogP contribution in [0, 0.1) is 6.92 Å². The van der Waals surface area contributed by atoms with Crippen molar-refractivity contribution in [2.75, 3.05) is 13.1 Å². The summed E-state index contributed by atoms with van der Waals surface area (Å²) in [6.07, 6.45) is 10.1. The summed E-state index contributed by atoms with van der Waals surface area (Å²) >= 11 is 0. The average Bonchev–Trinajstić information content (AvgIpc) is 3.19. The highest BCUT2D eigenvalue weighted by atomic mass is 16.2. The second-order valence-electron chi connectivity index (χ2n) is 7.61. The number of rotatable bonds is 5. The van der Waals surface area contributed by atoms with Crippen molar-refractivity contribution < 1.29 is 4.79 Å². The third-order valence-corrected chi connectivity index (χ3v) is 5.47. The molecule has 1 fully saturated rings. The standard InChI is InChI=1S/C23H26N4O/c1-18-4-6-19(7-5-18)15-22(28)26-13-2-3-21(17-26)23-25-12-14-27(23)16-20-8-10-24-11-9-20/h4-12,14,21H,2-3,13,15-17H2,1H3. The molecule has 1 aromatic carbocycles. The van der Waals surface area contributed by atoms with E-state index in [9.17, 15) is 4.79 Å². The van der Waals surface area contributed by atoms with Crippen LogP contribution in [0.15, 0.2) is 61.2 Å². The second kappa shape index (κ2) is 8.38. The van der Waals surface area contributed by atoms with E-state index in [4.69, 9.17) is 0 Å².